The number of hydrogen-bond donors (Lipinski definition) is 1. The number of hydrogen-bond acceptors (Lipinski definition) is 4. The number of amides is 1. The van der Waals surface area contributed by atoms with E-state index in [1.165, 1.54) is 11.8 Å². The molecule has 1 N–H and O–H groups in total. The van der Waals surface area contributed by atoms with Crippen molar-refractivity contribution in [2.45, 2.75) is 26.3 Å². The van der Waals surface area contributed by atoms with E-state index >= 15 is 0 Å². The third-order valence-electron chi connectivity index (χ3n) is 4.93. The Kier molecular flexibility index (Phi) is 5.84. The van der Waals surface area contributed by atoms with E-state index in [9.17, 15) is 4.79 Å². The number of rotatable bonds is 3. The molecular formula is C23H21ClN4O2. The lowest BCUT2D eigenvalue weighted by Gasteiger charge is -2.13. The van der Waals surface area contributed by atoms with E-state index in [1.54, 1.807) is 10.9 Å². The van der Waals surface area contributed by atoms with Gasteiger partial charge < -0.3 is 10.1 Å². The van der Waals surface area contributed by atoms with E-state index in [-0.39, 0.29) is 11.9 Å². The molecule has 1 fully saturated rings. The van der Waals surface area contributed by atoms with E-state index < -0.39 is 0 Å². The van der Waals surface area contributed by atoms with E-state index in [0.717, 1.165) is 23.1 Å². The van der Waals surface area contributed by atoms with Gasteiger partial charge >= 0.3 is 0 Å². The first kappa shape index (κ1) is 20.1. The lowest BCUT2D eigenvalue weighted by molar-refractivity contribution is 0.101. The Morgan fingerprint density at radius 2 is 1.97 bits per heavy atom. The van der Waals surface area contributed by atoms with Gasteiger partial charge in [-0.05, 0) is 44.0 Å². The number of pyridine rings is 1. The van der Waals surface area contributed by atoms with Crippen LogP contribution in [0.2, 0.25) is 5.02 Å². The van der Waals surface area contributed by atoms with Crippen LogP contribution in [0.25, 0.3) is 0 Å². The van der Waals surface area contributed by atoms with Crippen molar-refractivity contribution in [3.8, 4) is 11.8 Å². The van der Waals surface area contributed by atoms with Crippen molar-refractivity contribution < 1.29 is 9.53 Å². The first-order chi connectivity index (χ1) is 14.5. The maximum Gasteiger partial charge on any atom is 0.276 e. The summed E-state index contributed by atoms with van der Waals surface area (Å²) < 4.78 is 7.05. The molecule has 152 valence electrons. The first-order valence-electron chi connectivity index (χ1n) is 9.68. The van der Waals surface area contributed by atoms with Crippen LogP contribution in [0.5, 0.6) is 0 Å². The van der Waals surface area contributed by atoms with Crippen LogP contribution in [-0.2, 0) is 4.74 Å². The maximum atomic E-state index is 12.9. The molecule has 1 amide bonds. The van der Waals surface area contributed by atoms with Crippen molar-refractivity contribution in [3.63, 3.8) is 0 Å². The Morgan fingerprint density at radius 3 is 2.67 bits per heavy atom. The van der Waals surface area contributed by atoms with Gasteiger partial charge in [-0.25, -0.2) is 4.98 Å². The minimum Gasteiger partial charge on any atom is -0.379 e. The summed E-state index contributed by atoms with van der Waals surface area (Å²) in [4.78, 5) is 17.3. The van der Waals surface area contributed by atoms with Crippen molar-refractivity contribution in [2.24, 2.45) is 0 Å². The summed E-state index contributed by atoms with van der Waals surface area (Å²) in [6.07, 6.45) is 3.93. The van der Waals surface area contributed by atoms with E-state index in [2.05, 4.69) is 27.2 Å². The Morgan fingerprint density at radius 1 is 1.20 bits per heavy atom. The van der Waals surface area contributed by atoms with Gasteiger partial charge in [0.15, 0.2) is 0 Å². The number of carbonyl (C=O) groups excluding carboxylic acids is 1. The highest BCUT2D eigenvalue weighted by atomic mass is 35.5. The van der Waals surface area contributed by atoms with E-state index in [4.69, 9.17) is 16.3 Å². The summed E-state index contributed by atoms with van der Waals surface area (Å²) >= 11 is 6.24. The monoisotopic (exact) mass is 420 g/mol. The maximum absolute atomic E-state index is 12.9. The van der Waals surface area contributed by atoms with Crippen LogP contribution in [0.1, 0.15) is 45.2 Å². The minimum atomic E-state index is -0.349. The highest BCUT2D eigenvalue weighted by Gasteiger charge is 2.26. The molecule has 0 spiro atoms. The van der Waals surface area contributed by atoms with Crippen LogP contribution in [0.3, 0.4) is 0 Å². The predicted molar refractivity (Wildman–Crippen MR) is 116 cm³/mol. The van der Waals surface area contributed by atoms with Crippen LogP contribution in [-0.4, -0.2) is 33.9 Å². The van der Waals surface area contributed by atoms with Crippen LogP contribution in [0.4, 0.5) is 5.82 Å². The lowest BCUT2D eigenvalue weighted by Crippen LogP contribution is -2.22. The molecule has 3 heterocycles. The van der Waals surface area contributed by atoms with E-state index in [1.807, 2.05) is 44.2 Å². The quantitative estimate of drug-likeness (QED) is 0.646. The second kappa shape index (κ2) is 8.70. The van der Waals surface area contributed by atoms with Gasteiger partial charge in [-0.3, -0.25) is 9.48 Å². The molecule has 4 rings (SSSR count). The molecule has 0 bridgehead atoms. The third kappa shape index (κ3) is 4.38. The number of aromatic nitrogens is 3. The fourth-order valence-corrected chi connectivity index (χ4v) is 3.48. The Hall–Kier alpha value is -3.14. The zero-order chi connectivity index (χ0) is 21.1. The predicted octanol–water partition coefficient (Wildman–Crippen LogP) is 4.16. The normalized spacial score (nSPS) is 15.5. The van der Waals surface area contributed by atoms with Gasteiger partial charge in [-0.15, -0.1) is 0 Å². The molecule has 6 nitrogen and oxygen atoms in total. The van der Waals surface area contributed by atoms with Crippen molar-refractivity contribution in [1.29, 1.82) is 0 Å². The zero-order valence-electron chi connectivity index (χ0n) is 16.8. The molecule has 0 aliphatic carbocycles. The van der Waals surface area contributed by atoms with Crippen LogP contribution in [0, 0.1) is 25.7 Å². The molecule has 1 atom stereocenters. The summed E-state index contributed by atoms with van der Waals surface area (Å²) in [6, 6.07) is 9.93. The molecule has 1 aromatic carbocycles. The second-order valence-electron chi connectivity index (χ2n) is 7.26. The number of halogens is 1. The minimum absolute atomic E-state index is 0.00623. The molecular weight excluding hydrogens is 400 g/mol. The fraction of sp³-hybridized carbons (Fsp3) is 0.261. The smallest absolute Gasteiger partial charge is 0.276 e. The van der Waals surface area contributed by atoms with Gasteiger partial charge in [0.2, 0.25) is 0 Å². The van der Waals surface area contributed by atoms with Crippen molar-refractivity contribution >= 4 is 23.3 Å². The summed E-state index contributed by atoms with van der Waals surface area (Å²) in [5.41, 5.74) is 4.04. The standard InChI is InChI=1S/C23H21ClN4O2/c1-15-3-5-17(6-4-15)7-8-18-11-16(2)22(25-12-18)27-23(29)21-20(24)13-26-28(21)19-9-10-30-14-19/h3-6,11-13,19H,9-10,14H2,1-2H3,(H,25,27,29)/t19-/m0/s1. The van der Waals surface area contributed by atoms with Gasteiger partial charge in [0.1, 0.15) is 11.5 Å². The van der Waals surface area contributed by atoms with Gasteiger partial charge in [0.05, 0.1) is 23.9 Å². The molecule has 0 radical (unpaired) electrons. The number of nitrogens with one attached hydrogen (secondary N) is 1. The molecule has 3 aromatic rings. The summed E-state index contributed by atoms with van der Waals surface area (Å²) in [5, 5.41) is 7.40. The van der Waals surface area contributed by atoms with Gasteiger partial charge in [-0.2, -0.15) is 5.10 Å². The molecule has 7 heteroatoms. The van der Waals surface area contributed by atoms with Crippen molar-refractivity contribution in [1.82, 2.24) is 14.8 Å². The van der Waals surface area contributed by atoms with Crippen molar-refractivity contribution in [3.05, 3.63) is 75.7 Å². The number of aryl methyl sites for hydroxylation is 2. The lowest BCUT2D eigenvalue weighted by atomic mass is 10.1. The number of benzene rings is 1. The number of anilines is 1. The highest BCUT2D eigenvalue weighted by molar-refractivity contribution is 6.34. The van der Waals surface area contributed by atoms with Gasteiger partial charge in [0, 0.05) is 23.9 Å². The highest BCUT2D eigenvalue weighted by Crippen LogP contribution is 2.25. The summed E-state index contributed by atoms with van der Waals surface area (Å²) in [6.45, 7) is 5.08. The molecule has 1 saturated heterocycles. The average Bonchev–Trinajstić information content (AvgIpc) is 3.39. The number of nitrogens with zero attached hydrogens (tertiary/aromatic N) is 3. The Balaban J connectivity index is 1.51. The summed E-state index contributed by atoms with van der Waals surface area (Å²) in [5.74, 6) is 6.35. The van der Waals surface area contributed by atoms with Gasteiger partial charge in [-0.1, -0.05) is 41.1 Å². The molecule has 0 unspecified atom stereocenters. The van der Waals surface area contributed by atoms with Crippen LogP contribution < -0.4 is 5.32 Å². The third-order valence-corrected chi connectivity index (χ3v) is 5.21. The molecule has 1 aliphatic heterocycles. The average molecular weight is 421 g/mol. The molecule has 2 aromatic heterocycles. The van der Waals surface area contributed by atoms with Gasteiger partial charge in [0.25, 0.3) is 5.91 Å². The fourth-order valence-electron chi connectivity index (χ4n) is 3.27. The van der Waals surface area contributed by atoms with E-state index in [0.29, 0.717) is 29.7 Å². The number of ether oxygens (including phenoxy) is 1. The Labute approximate surface area is 180 Å². The Bertz CT molecular complexity index is 1140. The van der Waals surface area contributed by atoms with Crippen LogP contribution in [0.15, 0.2) is 42.7 Å². The molecule has 0 saturated carbocycles. The first-order valence-corrected chi connectivity index (χ1v) is 10.1. The largest absolute Gasteiger partial charge is 0.379 e. The second-order valence-corrected chi connectivity index (χ2v) is 7.67. The molecule has 30 heavy (non-hydrogen) atoms. The molecule has 1 aliphatic rings. The van der Waals surface area contributed by atoms with Crippen molar-refractivity contribution in [2.75, 3.05) is 18.5 Å². The van der Waals surface area contributed by atoms with Crippen LogP contribution >= 0.6 is 11.6 Å². The summed E-state index contributed by atoms with van der Waals surface area (Å²) in [7, 11) is 0. The topological polar surface area (TPSA) is 69.0 Å². The SMILES string of the molecule is Cc1ccc(C#Cc2cnc(NC(=O)c3c(Cl)cnn3[C@H]3CCOC3)c(C)c2)cc1. The zero-order valence-corrected chi connectivity index (χ0v) is 17.5. The number of carbonyl (C=O) groups is 1.